The average molecular weight is 504 g/mol. The van der Waals surface area contributed by atoms with Crippen LogP contribution in [-0.4, -0.2) is 33.6 Å². The second-order valence-electron chi connectivity index (χ2n) is 11.0. The number of hydrogen-bond donors (Lipinski definition) is 2. The van der Waals surface area contributed by atoms with Gasteiger partial charge in [-0.3, -0.25) is 29.2 Å². The molecule has 5 aliphatic rings. The Kier molecular flexibility index (Phi) is 4.10. The van der Waals surface area contributed by atoms with Crippen molar-refractivity contribution in [1.29, 1.82) is 0 Å². The molecule has 0 aliphatic carbocycles. The van der Waals surface area contributed by atoms with Gasteiger partial charge < -0.3 is 5.32 Å². The molecule has 8 nitrogen and oxygen atoms in total. The van der Waals surface area contributed by atoms with Gasteiger partial charge in [0.25, 0.3) is 5.56 Å². The molecular formula is C30H25N5O3. The van der Waals surface area contributed by atoms with Crippen LogP contribution in [0.1, 0.15) is 36.3 Å². The fourth-order valence-electron chi connectivity index (χ4n) is 7.52. The molecule has 0 saturated carbocycles. The van der Waals surface area contributed by atoms with Crippen molar-refractivity contribution in [3.05, 3.63) is 106 Å². The Morgan fingerprint density at radius 1 is 0.947 bits per heavy atom. The van der Waals surface area contributed by atoms with Crippen LogP contribution in [0.15, 0.2) is 83.7 Å². The molecule has 2 saturated heterocycles. The first-order chi connectivity index (χ1) is 18.4. The molecule has 2 amide bonds. The Hall–Kier alpha value is -4.30. The summed E-state index contributed by atoms with van der Waals surface area (Å²) in [4.78, 5) is 47.9. The highest BCUT2D eigenvalue weighted by atomic mass is 16.2. The Bertz CT molecular complexity index is 1750. The van der Waals surface area contributed by atoms with Gasteiger partial charge in [-0.05, 0) is 49.1 Å². The quantitative estimate of drug-likeness (QED) is 0.438. The summed E-state index contributed by atoms with van der Waals surface area (Å²) in [7, 11) is 0. The fourth-order valence-corrected chi connectivity index (χ4v) is 7.52. The molecule has 1 spiro atoms. The number of nitrogens with one attached hydrogen (secondary N) is 2. The molecular weight excluding hydrogens is 478 g/mol. The third kappa shape index (κ3) is 2.44. The first kappa shape index (κ1) is 21.8. The molecule has 1 unspecified atom stereocenters. The first-order valence-electron chi connectivity index (χ1n) is 13.0. The predicted octanol–water partition coefficient (Wildman–Crippen LogP) is 2.51. The molecule has 38 heavy (non-hydrogen) atoms. The minimum Gasteiger partial charge on any atom is -0.341 e. The second-order valence-corrected chi connectivity index (χ2v) is 11.0. The van der Waals surface area contributed by atoms with Crippen LogP contribution in [0.3, 0.4) is 0 Å². The zero-order valence-electron chi connectivity index (χ0n) is 20.7. The number of piperidine rings is 1. The molecule has 6 heterocycles. The maximum atomic E-state index is 13.9. The number of amides is 2. The van der Waals surface area contributed by atoms with E-state index in [9.17, 15) is 14.4 Å². The summed E-state index contributed by atoms with van der Waals surface area (Å²) < 4.78 is 1.59. The molecule has 5 atom stereocenters. The third-order valence-corrected chi connectivity index (χ3v) is 9.20. The molecule has 3 aromatic carbocycles. The van der Waals surface area contributed by atoms with Crippen molar-refractivity contribution >= 4 is 28.4 Å². The van der Waals surface area contributed by atoms with Crippen LogP contribution in [-0.2, 0) is 27.0 Å². The summed E-state index contributed by atoms with van der Waals surface area (Å²) in [6.07, 6.45) is 0.557. The van der Waals surface area contributed by atoms with Crippen molar-refractivity contribution in [3.63, 3.8) is 0 Å². The lowest BCUT2D eigenvalue weighted by Gasteiger charge is -2.58. The van der Waals surface area contributed by atoms with Gasteiger partial charge in [-0.1, -0.05) is 60.7 Å². The Morgan fingerprint density at radius 2 is 1.68 bits per heavy atom. The molecule has 1 aromatic heterocycles. The van der Waals surface area contributed by atoms with Crippen molar-refractivity contribution in [2.75, 3.05) is 4.90 Å². The Labute approximate surface area is 218 Å². The molecule has 0 radical (unpaired) electrons. The van der Waals surface area contributed by atoms with E-state index in [1.807, 2.05) is 78.6 Å². The van der Waals surface area contributed by atoms with Crippen LogP contribution in [0.2, 0.25) is 0 Å². The van der Waals surface area contributed by atoms with Crippen LogP contribution in [0, 0.1) is 0 Å². The zero-order valence-corrected chi connectivity index (χ0v) is 20.7. The molecule has 2 N–H and O–H groups in total. The van der Waals surface area contributed by atoms with E-state index in [1.165, 1.54) is 0 Å². The Balaban J connectivity index is 1.35. The van der Waals surface area contributed by atoms with Crippen LogP contribution < -0.4 is 21.1 Å². The van der Waals surface area contributed by atoms with E-state index in [0.717, 1.165) is 16.8 Å². The number of carbonyl (C=O) groups is 2. The highest BCUT2D eigenvalue weighted by molar-refractivity contribution is 6.04. The lowest BCUT2D eigenvalue weighted by molar-refractivity contribution is -0.137. The minimum absolute atomic E-state index is 0.0170. The fraction of sp³-hybridized carbons (Fsp3) is 0.267. The lowest BCUT2D eigenvalue weighted by Crippen LogP contribution is -2.75. The molecule has 2 bridgehead atoms. The number of aromatic nitrogens is 2. The van der Waals surface area contributed by atoms with Gasteiger partial charge >= 0.3 is 0 Å². The molecule has 8 heteroatoms. The number of para-hydroxylation sites is 2. The van der Waals surface area contributed by atoms with Crippen LogP contribution in [0.5, 0.6) is 0 Å². The van der Waals surface area contributed by atoms with Gasteiger partial charge in [-0.25, -0.2) is 4.98 Å². The van der Waals surface area contributed by atoms with Crippen LogP contribution >= 0.6 is 0 Å². The van der Waals surface area contributed by atoms with E-state index >= 15 is 0 Å². The smallest absolute Gasteiger partial charge is 0.262 e. The summed E-state index contributed by atoms with van der Waals surface area (Å²) in [5, 5.41) is 7.44. The van der Waals surface area contributed by atoms with Gasteiger partial charge in [-0.2, -0.15) is 0 Å². The van der Waals surface area contributed by atoms with E-state index in [1.54, 1.807) is 10.6 Å². The standard InChI is InChI=1S/C30H25N5O3/c1-29-27-31-20-13-7-5-11-18(20)25(37)35(27)23(24(36)33-29)16-30(29)19-12-6-8-14-22(19)34-26(38)21(32-28(30)34)15-17-9-3-2-4-10-17/h2-14,21,23,28,32H,15-16H2,1H3,(H,33,36)/t21-,23-,28-,29?,30+/m0/s1. The van der Waals surface area contributed by atoms with Crippen molar-refractivity contribution in [1.82, 2.24) is 20.2 Å². The average Bonchev–Trinajstić information content (AvgIpc) is 3.39. The van der Waals surface area contributed by atoms with Crippen molar-refractivity contribution in [2.45, 2.75) is 49.0 Å². The van der Waals surface area contributed by atoms with Gasteiger partial charge in [0.15, 0.2) is 0 Å². The number of rotatable bonds is 2. The summed E-state index contributed by atoms with van der Waals surface area (Å²) in [5.74, 6) is 0.365. The van der Waals surface area contributed by atoms with Gasteiger partial charge in [0.05, 0.1) is 22.4 Å². The van der Waals surface area contributed by atoms with Gasteiger partial charge in [0.2, 0.25) is 11.8 Å². The molecule has 2 fully saturated rings. The van der Waals surface area contributed by atoms with Gasteiger partial charge in [0, 0.05) is 5.69 Å². The minimum atomic E-state index is -1.04. The maximum Gasteiger partial charge on any atom is 0.262 e. The van der Waals surface area contributed by atoms with E-state index in [2.05, 4.69) is 16.7 Å². The molecule has 4 aromatic rings. The number of fused-ring (bicyclic) bond motifs is 5. The van der Waals surface area contributed by atoms with Crippen molar-refractivity contribution in [3.8, 4) is 0 Å². The first-order valence-corrected chi connectivity index (χ1v) is 13.0. The highest BCUT2D eigenvalue weighted by Gasteiger charge is 2.72. The van der Waals surface area contributed by atoms with E-state index < -0.39 is 29.2 Å². The topological polar surface area (TPSA) is 96.3 Å². The summed E-state index contributed by atoms with van der Waals surface area (Å²) in [6, 6.07) is 24.1. The number of nitrogens with zero attached hydrogens (tertiary/aromatic N) is 3. The van der Waals surface area contributed by atoms with Gasteiger partial charge in [-0.15, -0.1) is 0 Å². The number of hydrogen-bond acceptors (Lipinski definition) is 5. The molecule has 9 rings (SSSR count). The van der Waals surface area contributed by atoms with Crippen molar-refractivity contribution < 1.29 is 9.59 Å². The summed E-state index contributed by atoms with van der Waals surface area (Å²) >= 11 is 0. The van der Waals surface area contributed by atoms with E-state index in [0.29, 0.717) is 29.6 Å². The monoisotopic (exact) mass is 503 g/mol. The van der Waals surface area contributed by atoms with Crippen LogP contribution in [0.25, 0.3) is 10.9 Å². The zero-order chi connectivity index (χ0) is 25.8. The third-order valence-electron chi connectivity index (χ3n) is 9.20. The predicted molar refractivity (Wildman–Crippen MR) is 142 cm³/mol. The largest absolute Gasteiger partial charge is 0.341 e. The number of carbonyl (C=O) groups excluding carboxylic acids is 2. The van der Waals surface area contributed by atoms with Crippen LogP contribution in [0.4, 0.5) is 5.69 Å². The summed E-state index contributed by atoms with van der Waals surface area (Å²) in [6.45, 7) is 1.96. The Morgan fingerprint density at radius 3 is 2.53 bits per heavy atom. The highest BCUT2D eigenvalue weighted by Crippen LogP contribution is 2.62. The number of anilines is 1. The number of benzene rings is 3. The maximum absolute atomic E-state index is 13.9. The summed E-state index contributed by atoms with van der Waals surface area (Å²) in [5.41, 5.74) is 1.57. The molecule has 5 aliphatic heterocycles. The van der Waals surface area contributed by atoms with Gasteiger partial charge in [0.1, 0.15) is 23.6 Å². The van der Waals surface area contributed by atoms with E-state index in [-0.39, 0.29) is 17.4 Å². The normalized spacial score (nSPS) is 30.4. The van der Waals surface area contributed by atoms with Crippen molar-refractivity contribution in [2.24, 2.45) is 0 Å². The lowest BCUT2D eigenvalue weighted by atomic mass is 9.57. The SMILES string of the molecule is CC12NC(=O)[C@H](C[C@]13c1ccccc1N1C(=O)[C@H](Cc4ccccc4)N[C@@H]13)n1c2nc2ccccc2c1=O. The second kappa shape index (κ2) is 7.17. The molecule has 188 valence electrons. The van der Waals surface area contributed by atoms with E-state index in [4.69, 9.17) is 4.98 Å².